The van der Waals surface area contributed by atoms with Crippen molar-refractivity contribution in [3.05, 3.63) is 0 Å². The van der Waals surface area contributed by atoms with Crippen LogP contribution in [-0.2, 0) is 14.4 Å². The quantitative estimate of drug-likeness (QED) is 0.494. The Morgan fingerprint density at radius 3 is 2.05 bits per heavy atom. The second-order valence-corrected chi connectivity index (χ2v) is 5.37. The third-order valence-electron chi connectivity index (χ3n) is 3.90. The Bertz CT molecular complexity index is 412. The van der Waals surface area contributed by atoms with Gasteiger partial charge in [-0.1, -0.05) is 0 Å². The molecule has 3 N–H and O–H groups in total. The predicted molar refractivity (Wildman–Crippen MR) is 69.4 cm³/mol. The first-order valence-corrected chi connectivity index (χ1v) is 6.65. The summed E-state index contributed by atoms with van der Waals surface area (Å²) in [6.45, 7) is 4.71. The molecule has 112 valence electrons. The van der Waals surface area contributed by atoms with E-state index in [1.54, 1.807) is 4.90 Å². The lowest BCUT2D eigenvalue weighted by atomic mass is 10.1. The van der Waals surface area contributed by atoms with E-state index in [1.807, 2.05) is 18.7 Å². The summed E-state index contributed by atoms with van der Waals surface area (Å²) in [4.78, 5) is 37.9. The molecule has 8 heteroatoms. The molecule has 0 bridgehead atoms. The minimum atomic E-state index is -0.878. The highest BCUT2D eigenvalue weighted by Gasteiger charge is 2.34. The van der Waals surface area contributed by atoms with E-state index in [4.69, 9.17) is 0 Å². The highest BCUT2D eigenvalue weighted by Crippen LogP contribution is 2.14. The van der Waals surface area contributed by atoms with E-state index in [1.165, 1.54) is 0 Å². The second-order valence-electron chi connectivity index (χ2n) is 5.37. The molecule has 2 fully saturated rings. The van der Waals surface area contributed by atoms with Gasteiger partial charge in [0.25, 0.3) is 0 Å². The molecule has 2 aliphatic rings. The van der Waals surface area contributed by atoms with Crippen LogP contribution in [0.4, 0.5) is 0 Å². The molecule has 2 saturated heterocycles. The summed E-state index contributed by atoms with van der Waals surface area (Å²) in [7, 11) is 0. The topological polar surface area (TPSA) is 102 Å². The smallest absolute Gasteiger partial charge is 0.240 e. The third-order valence-corrected chi connectivity index (χ3v) is 3.90. The summed E-state index contributed by atoms with van der Waals surface area (Å²) in [6, 6.07) is -0.141. The van der Waals surface area contributed by atoms with Crippen LogP contribution in [0.3, 0.4) is 0 Å². The van der Waals surface area contributed by atoms with Crippen molar-refractivity contribution in [3.63, 3.8) is 0 Å². The lowest BCUT2D eigenvalue weighted by Crippen LogP contribution is -2.62. The van der Waals surface area contributed by atoms with Crippen molar-refractivity contribution in [2.24, 2.45) is 0 Å². The van der Waals surface area contributed by atoms with Crippen LogP contribution in [0, 0.1) is 0 Å². The number of aliphatic hydroxyl groups excluding tert-OH is 1. The molecule has 20 heavy (non-hydrogen) atoms. The molecule has 0 aromatic rings. The van der Waals surface area contributed by atoms with Gasteiger partial charge in [0.05, 0.1) is 19.6 Å². The number of β-amino-alcohol motifs (C(OH)–C–C–N with tert-alkyl or cyclic N) is 1. The van der Waals surface area contributed by atoms with Gasteiger partial charge in [0.2, 0.25) is 17.7 Å². The number of rotatable bonds is 3. The van der Waals surface area contributed by atoms with Crippen LogP contribution in [0.25, 0.3) is 0 Å². The maximum atomic E-state index is 11.4. The number of carbonyl (C=O) groups is 3. The van der Waals surface area contributed by atoms with Crippen molar-refractivity contribution in [3.8, 4) is 0 Å². The zero-order chi connectivity index (χ0) is 14.9. The molecule has 0 saturated carbocycles. The molecule has 2 rings (SSSR count). The van der Waals surface area contributed by atoms with E-state index in [0.717, 1.165) is 0 Å². The van der Waals surface area contributed by atoms with Crippen LogP contribution in [0.2, 0.25) is 0 Å². The standard InChI is InChI=1S/C12H20N4O4/c1-7(15-3-9(17)13-10(18)4-15)8(2)16-5-11(19)14-12(20)6-16/h7-9,17H,3-6H2,1-2H3,(H,13,18)(H,14,19,20). The van der Waals surface area contributed by atoms with Gasteiger partial charge in [0.15, 0.2) is 0 Å². The first kappa shape index (κ1) is 14.9. The molecular weight excluding hydrogens is 264 g/mol. The Kier molecular flexibility index (Phi) is 4.36. The number of carbonyl (C=O) groups excluding carboxylic acids is 3. The minimum absolute atomic E-state index is 0.0607. The average molecular weight is 284 g/mol. The number of piperazine rings is 2. The fourth-order valence-electron chi connectivity index (χ4n) is 2.62. The molecule has 0 aliphatic carbocycles. The molecule has 0 radical (unpaired) electrons. The Labute approximate surface area is 117 Å². The van der Waals surface area contributed by atoms with E-state index in [-0.39, 0.29) is 49.4 Å². The number of hydrogen-bond donors (Lipinski definition) is 3. The van der Waals surface area contributed by atoms with Gasteiger partial charge in [0.1, 0.15) is 6.23 Å². The summed E-state index contributed by atoms with van der Waals surface area (Å²) >= 11 is 0. The van der Waals surface area contributed by atoms with Crippen LogP contribution < -0.4 is 10.6 Å². The zero-order valence-electron chi connectivity index (χ0n) is 11.6. The van der Waals surface area contributed by atoms with Crippen molar-refractivity contribution in [2.75, 3.05) is 26.2 Å². The van der Waals surface area contributed by atoms with Gasteiger partial charge in [-0.3, -0.25) is 29.5 Å². The summed E-state index contributed by atoms with van der Waals surface area (Å²) < 4.78 is 0. The average Bonchev–Trinajstić information content (AvgIpc) is 2.34. The van der Waals surface area contributed by atoms with Gasteiger partial charge >= 0.3 is 0 Å². The number of nitrogens with zero attached hydrogens (tertiary/aromatic N) is 2. The molecule has 3 atom stereocenters. The van der Waals surface area contributed by atoms with Crippen LogP contribution in [0.5, 0.6) is 0 Å². The zero-order valence-corrected chi connectivity index (χ0v) is 11.6. The van der Waals surface area contributed by atoms with Crippen molar-refractivity contribution < 1.29 is 19.5 Å². The maximum absolute atomic E-state index is 11.4. The van der Waals surface area contributed by atoms with Crippen molar-refractivity contribution in [1.29, 1.82) is 0 Å². The van der Waals surface area contributed by atoms with Crippen LogP contribution in [-0.4, -0.2) is 77.1 Å². The molecule has 0 spiro atoms. The van der Waals surface area contributed by atoms with Crippen molar-refractivity contribution in [2.45, 2.75) is 32.2 Å². The summed E-state index contributed by atoms with van der Waals surface area (Å²) in [5.41, 5.74) is 0. The minimum Gasteiger partial charge on any atom is -0.372 e. The van der Waals surface area contributed by atoms with E-state index >= 15 is 0 Å². The van der Waals surface area contributed by atoms with Crippen molar-refractivity contribution >= 4 is 17.7 Å². The molecular formula is C12H20N4O4. The Morgan fingerprint density at radius 1 is 1.00 bits per heavy atom. The molecule has 8 nitrogen and oxygen atoms in total. The van der Waals surface area contributed by atoms with E-state index in [0.29, 0.717) is 6.54 Å². The predicted octanol–water partition coefficient (Wildman–Crippen LogP) is -2.53. The van der Waals surface area contributed by atoms with Gasteiger partial charge in [0, 0.05) is 18.6 Å². The van der Waals surface area contributed by atoms with E-state index < -0.39 is 6.23 Å². The third kappa shape index (κ3) is 3.33. The number of imide groups is 1. The highest BCUT2D eigenvalue weighted by molar-refractivity contribution is 5.99. The molecule has 3 unspecified atom stereocenters. The maximum Gasteiger partial charge on any atom is 0.240 e. The van der Waals surface area contributed by atoms with Crippen molar-refractivity contribution in [1.82, 2.24) is 20.4 Å². The number of amides is 3. The van der Waals surface area contributed by atoms with Gasteiger partial charge < -0.3 is 10.4 Å². The fourth-order valence-corrected chi connectivity index (χ4v) is 2.62. The van der Waals surface area contributed by atoms with E-state index in [2.05, 4.69) is 10.6 Å². The molecule has 2 aliphatic heterocycles. The summed E-state index contributed by atoms with van der Waals surface area (Å²) in [5.74, 6) is -0.844. The SMILES string of the molecule is CC(C(C)N1CC(=O)NC(O)C1)N1CC(=O)NC(=O)C1. The van der Waals surface area contributed by atoms with Gasteiger partial charge in [-0.2, -0.15) is 0 Å². The van der Waals surface area contributed by atoms with Gasteiger partial charge in [-0.25, -0.2) is 0 Å². The largest absolute Gasteiger partial charge is 0.372 e. The number of nitrogens with one attached hydrogen (secondary N) is 2. The highest BCUT2D eigenvalue weighted by atomic mass is 16.3. The van der Waals surface area contributed by atoms with Gasteiger partial charge in [-0.15, -0.1) is 0 Å². The summed E-state index contributed by atoms with van der Waals surface area (Å²) in [5, 5.41) is 14.3. The lowest BCUT2D eigenvalue weighted by molar-refractivity contribution is -0.139. The van der Waals surface area contributed by atoms with Crippen LogP contribution >= 0.6 is 0 Å². The van der Waals surface area contributed by atoms with E-state index in [9.17, 15) is 19.5 Å². The molecule has 0 aromatic heterocycles. The van der Waals surface area contributed by atoms with Crippen LogP contribution in [0.1, 0.15) is 13.8 Å². The Balaban J connectivity index is 2.00. The lowest BCUT2D eigenvalue weighted by Gasteiger charge is -2.41. The first-order chi connectivity index (χ1) is 9.36. The molecule has 3 amide bonds. The van der Waals surface area contributed by atoms with Crippen LogP contribution in [0.15, 0.2) is 0 Å². The molecule has 0 aromatic carbocycles. The number of aliphatic hydroxyl groups is 1. The fraction of sp³-hybridized carbons (Fsp3) is 0.750. The number of hydrogen-bond acceptors (Lipinski definition) is 6. The second kappa shape index (κ2) is 5.86. The summed E-state index contributed by atoms with van der Waals surface area (Å²) in [6.07, 6.45) is -0.878. The monoisotopic (exact) mass is 284 g/mol. The normalized spacial score (nSPS) is 28.8. The van der Waals surface area contributed by atoms with Gasteiger partial charge in [-0.05, 0) is 13.8 Å². The Morgan fingerprint density at radius 2 is 1.50 bits per heavy atom. The first-order valence-electron chi connectivity index (χ1n) is 6.65. The molecule has 2 heterocycles. The Hall–Kier alpha value is -1.51.